The Morgan fingerprint density at radius 3 is 2.24 bits per heavy atom. The number of hydrogen-bond acceptors (Lipinski definition) is 6. The number of sulfonamides is 1. The van der Waals surface area contributed by atoms with Crippen molar-refractivity contribution in [3.8, 4) is 5.19 Å². The van der Waals surface area contributed by atoms with E-state index in [-0.39, 0.29) is 28.7 Å². The summed E-state index contributed by atoms with van der Waals surface area (Å²) < 4.78 is 35.3. The van der Waals surface area contributed by atoms with Crippen molar-refractivity contribution in [3.63, 3.8) is 0 Å². The van der Waals surface area contributed by atoms with Crippen molar-refractivity contribution in [1.82, 2.24) is 14.2 Å². The van der Waals surface area contributed by atoms with Crippen LogP contribution >= 0.6 is 11.3 Å². The Hall–Kier alpha value is -2.49. The molecule has 1 aromatic heterocycles. The van der Waals surface area contributed by atoms with Crippen LogP contribution in [0.3, 0.4) is 0 Å². The maximum Gasteiger partial charge on any atom is 0.274 e. The molecule has 2 aromatic carbocycles. The van der Waals surface area contributed by atoms with Crippen molar-refractivity contribution in [2.24, 2.45) is 11.8 Å². The second-order valence-corrected chi connectivity index (χ2v) is 13.6. The van der Waals surface area contributed by atoms with Gasteiger partial charge in [-0.1, -0.05) is 51.2 Å². The van der Waals surface area contributed by atoms with Crippen molar-refractivity contribution in [2.45, 2.75) is 58.5 Å². The molecular formula is C28H37N3O4S2. The summed E-state index contributed by atoms with van der Waals surface area (Å²) in [5.74, 6) is 0.360. The maximum atomic E-state index is 13.3. The largest absolute Gasteiger partial charge is 0.467 e. The summed E-state index contributed by atoms with van der Waals surface area (Å²) in [6, 6.07) is 12.5. The lowest BCUT2D eigenvalue weighted by molar-refractivity contribution is 0.0595. The van der Waals surface area contributed by atoms with Crippen LogP contribution < -0.4 is 4.74 Å². The number of likely N-dealkylation sites (tertiary alicyclic amines) is 1. The minimum Gasteiger partial charge on any atom is -0.467 e. The number of carbonyl (C=O) groups is 1. The van der Waals surface area contributed by atoms with Gasteiger partial charge in [-0.25, -0.2) is 13.4 Å². The fourth-order valence-electron chi connectivity index (χ4n) is 4.62. The Labute approximate surface area is 224 Å². The molecule has 1 amide bonds. The van der Waals surface area contributed by atoms with E-state index in [1.165, 1.54) is 0 Å². The highest BCUT2D eigenvalue weighted by molar-refractivity contribution is 7.89. The molecule has 0 saturated carbocycles. The molecule has 0 bridgehead atoms. The highest BCUT2D eigenvalue weighted by Crippen LogP contribution is 2.31. The number of amides is 1. The highest BCUT2D eigenvalue weighted by Gasteiger charge is 2.28. The Morgan fingerprint density at radius 2 is 1.68 bits per heavy atom. The number of thiazole rings is 1. The van der Waals surface area contributed by atoms with Gasteiger partial charge in [-0.15, -0.1) is 0 Å². The molecule has 3 aromatic rings. The molecule has 0 N–H and O–H groups in total. The van der Waals surface area contributed by atoms with Gasteiger partial charge in [0.25, 0.3) is 11.1 Å². The molecule has 2 heterocycles. The SMILES string of the molecule is Cc1cccc2sc(OC3CCN(C(=O)c4ccc(S(=O)(=O)N(CC(C)C)CC(C)C)cc4)CC3)nc12. The molecule has 9 heteroatoms. The van der Waals surface area contributed by atoms with Gasteiger partial charge in [0.2, 0.25) is 10.0 Å². The molecule has 0 atom stereocenters. The average Bonchev–Trinajstić information content (AvgIpc) is 3.27. The number of benzene rings is 2. The number of ether oxygens (including phenoxy) is 1. The first-order valence-electron chi connectivity index (χ1n) is 13.0. The second kappa shape index (κ2) is 11.5. The van der Waals surface area contributed by atoms with Gasteiger partial charge < -0.3 is 9.64 Å². The molecule has 200 valence electrons. The first-order chi connectivity index (χ1) is 17.5. The van der Waals surface area contributed by atoms with E-state index in [0.717, 1.165) is 28.6 Å². The van der Waals surface area contributed by atoms with Gasteiger partial charge in [0.15, 0.2) is 0 Å². The van der Waals surface area contributed by atoms with Gasteiger partial charge in [-0.2, -0.15) is 4.31 Å². The summed E-state index contributed by atoms with van der Waals surface area (Å²) in [7, 11) is -3.62. The summed E-state index contributed by atoms with van der Waals surface area (Å²) >= 11 is 1.55. The van der Waals surface area contributed by atoms with Gasteiger partial charge in [0, 0.05) is 44.6 Å². The minimum absolute atomic E-state index is 0.0188. The van der Waals surface area contributed by atoms with Crippen LogP contribution in [-0.4, -0.2) is 60.8 Å². The van der Waals surface area contributed by atoms with Gasteiger partial charge >= 0.3 is 0 Å². The first-order valence-corrected chi connectivity index (χ1v) is 15.2. The fraction of sp³-hybridized carbons (Fsp3) is 0.500. The predicted octanol–water partition coefficient (Wildman–Crippen LogP) is 5.59. The lowest BCUT2D eigenvalue weighted by Gasteiger charge is -2.31. The summed E-state index contributed by atoms with van der Waals surface area (Å²) in [6.45, 7) is 12.2. The standard InChI is InChI=1S/C28H37N3O4S2/c1-19(2)17-31(18-20(3)4)37(33,34)24-11-9-22(10-12-24)27(32)30-15-13-23(14-16-30)35-28-29-26-21(5)7-6-8-25(26)36-28/h6-12,19-20,23H,13-18H2,1-5H3. The van der Waals surface area contributed by atoms with Crippen LogP contribution in [0.25, 0.3) is 10.2 Å². The molecule has 0 unspecified atom stereocenters. The topological polar surface area (TPSA) is 79.8 Å². The second-order valence-electron chi connectivity index (χ2n) is 10.6. The van der Waals surface area contributed by atoms with Crippen LogP contribution in [0.4, 0.5) is 0 Å². The van der Waals surface area contributed by atoms with Crippen LogP contribution in [0.1, 0.15) is 56.5 Å². The lowest BCUT2D eigenvalue weighted by Crippen LogP contribution is -2.41. The Balaban J connectivity index is 1.37. The number of hydrogen-bond donors (Lipinski definition) is 0. The lowest BCUT2D eigenvalue weighted by atomic mass is 10.1. The van der Waals surface area contributed by atoms with Crippen LogP contribution in [-0.2, 0) is 10.0 Å². The first kappa shape index (κ1) is 27.5. The number of carbonyl (C=O) groups excluding carboxylic acids is 1. The summed E-state index contributed by atoms with van der Waals surface area (Å²) in [6.07, 6.45) is 1.48. The Bertz CT molecular complexity index is 1320. The average molecular weight is 544 g/mol. The number of piperidine rings is 1. The number of para-hydroxylation sites is 1. The normalized spacial score (nSPS) is 15.3. The molecule has 4 rings (SSSR count). The molecule has 1 aliphatic heterocycles. The van der Waals surface area contributed by atoms with Crippen molar-refractivity contribution in [1.29, 1.82) is 0 Å². The number of aromatic nitrogens is 1. The maximum absolute atomic E-state index is 13.3. The van der Waals surface area contributed by atoms with Crippen LogP contribution in [0.15, 0.2) is 47.4 Å². The van der Waals surface area contributed by atoms with E-state index < -0.39 is 10.0 Å². The smallest absolute Gasteiger partial charge is 0.274 e. The quantitative estimate of drug-likeness (QED) is 0.351. The third kappa shape index (κ3) is 6.51. The van der Waals surface area contributed by atoms with Gasteiger partial charge in [-0.3, -0.25) is 4.79 Å². The molecule has 1 fully saturated rings. The zero-order valence-corrected chi connectivity index (χ0v) is 23.9. The number of fused-ring (bicyclic) bond motifs is 1. The van der Waals surface area contributed by atoms with Crippen LogP contribution in [0.5, 0.6) is 5.19 Å². The van der Waals surface area contributed by atoms with Crippen molar-refractivity contribution < 1.29 is 17.9 Å². The third-order valence-corrected chi connectivity index (χ3v) is 9.23. The zero-order chi connectivity index (χ0) is 26.7. The molecule has 0 radical (unpaired) electrons. The van der Waals surface area contributed by atoms with Crippen LogP contribution in [0, 0.1) is 18.8 Å². The van der Waals surface area contributed by atoms with E-state index in [1.54, 1.807) is 39.9 Å². The summed E-state index contributed by atoms with van der Waals surface area (Å²) in [5.41, 5.74) is 2.62. The Morgan fingerprint density at radius 1 is 1.05 bits per heavy atom. The Kier molecular flexibility index (Phi) is 8.56. The van der Waals surface area contributed by atoms with E-state index in [0.29, 0.717) is 36.9 Å². The molecular weight excluding hydrogens is 506 g/mol. The van der Waals surface area contributed by atoms with Gasteiger partial charge in [-0.05, 0) is 54.7 Å². The van der Waals surface area contributed by atoms with Gasteiger partial charge in [0.05, 0.1) is 15.1 Å². The molecule has 1 aliphatic rings. The highest BCUT2D eigenvalue weighted by atomic mass is 32.2. The van der Waals surface area contributed by atoms with Crippen molar-refractivity contribution in [3.05, 3.63) is 53.6 Å². The van der Waals surface area contributed by atoms with E-state index in [2.05, 4.69) is 11.1 Å². The fourth-order valence-corrected chi connectivity index (χ4v) is 7.35. The van der Waals surface area contributed by atoms with Crippen molar-refractivity contribution >= 4 is 37.5 Å². The molecule has 1 saturated heterocycles. The van der Waals surface area contributed by atoms with Gasteiger partial charge in [0.1, 0.15) is 6.10 Å². The van der Waals surface area contributed by atoms with Crippen molar-refractivity contribution in [2.75, 3.05) is 26.2 Å². The number of nitrogens with zero attached hydrogens (tertiary/aromatic N) is 3. The number of aryl methyl sites for hydroxylation is 1. The van der Waals surface area contributed by atoms with E-state index in [4.69, 9.17) is 4.74 Å². The van der Waals surface area contributed by atoms with E-state index >= 15 is 0 Å². The van der Waals surface area contributed by atoms with E-state index in [9.17, 15) is 13.2 Å². The number of rotatable bonds is 9. The zero-order valence-electron chi connectivity index (χ0n) is 22.3. The molecule has 7 nitrogen and oxygen atoms in total. The molecule has 0 spiro atoms. The minimum atomic E-state index is -3.62. The van der Waals surface area contributed by atoms with Crippen LogP contribution in [0.2, 0.25) is 0 Å². The molecule has 0 aliphatic carbocycles. The summed E-state index contributed by atoms with van der Waals surface area (Å²) in [4.78, 5) is 19.8. The van der Waals surface area contributed by atoms with E-state index in [1.807, 2.05) is 51.7 Å². The summed E-state index contributed by atoms with van der Waals surface area (Å²) in [5, 5.41) is 0.676. The molecule has 37 heavy (non-hydrogen) atoms. The predicted molar refractivity (Wildman–Crippen MR) is 149 cm³/mol. The monoisotopic (exact) mass is 543 g/mol. The third-order valence-electron chi connectivity index (χ3n) is 6.47.